The molecule has 0 amide bonds. The van der Waals surface area contributed by atoms with Gasteiger partial charge in [-0.3, -0.25) is 4.79 Å². The Morgan fingerprint density at radius 2 is 0.788 bits per heavy atom. The summed E-state index contributed by atoms with van der Waals surface area (Å²) in [5.41, 5.74) is 0. The van der Waals surface area contributed by atoms with E-state index in [2.05, 4.69) is 30.6 Å². The molecule has 0 radical (unpaired) electrons. The summed E-state index contributed by atoms with van der Waals surface area (Å²) in [6.45, 7) is 2.29. The van der Waals surface area contributed by atoms with Crippen LogP contribution in [0.2, 0.25) is 0 Å². The molecule has 0 spiro atoms. The molecule has 2 nitrogen and oxygen atoms in total. The molecular formula is C31H54O2. The number of carboxylic acid groups (broad SMARTS) is 1. The van der Waals surface area contributed by atoms with E-state index in [1.807, 2.05) is 0 Å². The van der Waals surface area contributed by atoms with E-state index < -0.39 is 5.97 Å². The number of hydrogen-bond acceptors (Lipinski definition) is 1. The van der Waals surface area contributed by atoms with E-state index in [1.165, 1.54) is 128 Å². The molecule has 0 heterocycles. The summed E-state index contributed by atoms with van der Waals surface area (Å²) in [6, 6.07) is 0. The molecule has 0 bridgehead atoms. The molecule has 0 aromatic rings. The molecule has 0 saturated heterocycles. The van der Waals surface area contributed by atoms with Gasteiger partial charge in [0.1, 0.15) is 0 Å². The fourth-order valence-electron chi connectivity index (χ4n) is 4.17. The third kappa shape index (κ3) is 30.6. The van der Waals surface area contributed by atoms with Crippen LogP contribution in [0.25, 0.3) is 0 Å². The van der Waals surface area contributed by atoms with Crippen molar-refractivity contribution >= 4 is 5.97 Å². The molecule has 0 aromatic heterocycles. The average Bonchev–Trinajstić information content (AvgIpc) is 2.80. The van der Waals surface area contributed by atoms with Gasteiger partial charge in [0, 0.05) is 19.3 Å². The van der Waals surface area contributed by atoms with Crippen molar-refractivity contribution in [1.82, 2.24) is 0 Å². The quantitative estimate of drug-likeness (QED) is 0.115. The van der Waals surface area contributed by atoms with E-state index in [0.717, 1.165) is 25.7 Å². The van der Waals surface area contributed by atoms with Gasteiger partial charge in [-0.1, -0.05) is 141 Å². The Morgan fingerprint density at radius 3 is 1.12 bits per heavy atom. The van der Waals surface area contributed by atoms with Crippen LogP contribution < -0.4 is 0 Å². The topological polar surface area (TPSA) is 37.3 Å². The van der Waals surface area contributed by atoms with Crippen molar-refractivity contribution in [3.8, 4) is 23.7 Å². The van der Waals surface area contributed by atoms with Gasteiger partial charge in [0.2, 0.25) is 0 Å². The second-order valence-electron chi connectivity index (χ2n) is 9.67. The first-order valence-corrected chi connectivity index (χ1v) is 14.4. The predicted molar refractivity (Wildman–Crippen MR) is 144 cm³/mol. The molecule has 0 rings (SSSR count). The normalized spacial score (nSPS) is 10.3. The minimum atomic E-state index is -0.671. The maximum Gasteiger partial charge on any atom is 0.303 e. The molecule has 0 aliphatic heterocycles. The Kier molecular flexibility index (Phi) is 27.4. The van der Waals surface area contributed by atoms with Crippen LogP contribution in [0, 0.1) is 23.7 Å². The van der Waals surface area contributed by atoms with Gasteiger partial charge in [-0.25, -0.2) is 0 Å². The zero-order valence-electron chi connectivity index (χ0n) is 22.0. The van der Waals surface area contributed by atoms with Crippen LogP contribution in [0.3, 0.4) is 0 Å². The molecule has 0 aliphatic carbocycles. The summed E-state index contributed by atoms with van der Waals surface area (Å²) in [7, 11) is 0. The monoisotopic (exact) mass is 458 g/mol. The molecule has 190 valence electrons. The standard InChI is InChI=1S/C31H54O2/c1-2-3-4-5-6-7-8-9-10-11-12-13-14-15-16-17-18-19-20-21-22-23-24-25-26-27-28-29-30-31(32)33/h2-16,21-30H2,1H3,(H,32,33). The lowest BCUT2D eigenvalue weighted by Crippen LogP contribution is -1.93. The molecule has 1 N–H and O–H groups in total. The summed E-state index contributed by atoms with van der Waals surface area (Å²) in [5.74, 6) is 11.8. The zero-order chi connectivity index (χ0) is 24.1. The largest absolute Gasteiger partial charge is 0.481 e. The number of carboxylic acids is 1. The summed E-state index contributed by atoms with van der Waals surface area (Å²) in [4.78, 5) is 10.4. The van der Waals surface area contributed by atoms with Crippen molar-refractivity contribution in [1.29, 1.82) is 0 Å². The van der Waals surface area contributed by atoms with Crippen LogP contribution in [0.4, 0.5) is 0 Å². The van der Waals surface area contributed by atoms with Crippen molar-refractivity contribution in [2.24, 2.45) is 0 Å². The highest BCUT2D eigenvalue weighted by Crippen LogP contribution is 2.13. The van der Waals surface area contributed by atoms with Gasteiger partial charge in [0.25, 0.3) is 0 Å². The lowest BCUT2D eigenvalue weighted by atomic mass is 10.0. The molecule has 2 heteroatoms. The van der Waals surface area contributed by atoms with Gasteiger partial charge in [-0.15, -0.1) is 0 Å². The zero-order valence-corrected chi connectivity index (χ0v) is 22.0. The lowest BCUT2D eigenvalue weighted by molar-refractivity contribution is -0.137. The molecule has 0 aliphatic rings. The van der Waals surface area contributed by atoms with E-state index in [4.69, 9.17) is 5.11 Å². The minimum Gasteiger partial charge on any atom is -0.481 e. The number of unbranched alkanes of at least 4 members (excludes halogenated alkanes) is 22. The highest BCUT2D eigenvalue weighted by Gasteiger charge is 1.96. The van der Waals surface area contributed by atoms with Crippen molar-refractivity contribution in [2.75, 3.05) is 0 Å². The van der Waals surface area contributed by atoms with Crippen molar-refractivity contribution < 1.29 is 9.90 Å². The van der Waals surface area contributed by atoms with Gasteiger partial charge in [-0.2, -0.15) is 0 Å². The summed E-state index contributed by atoms with van der Waals surface area (Å²) in [5, 5.41) is 8.59. The number of hydrogen-bond donors (Lipinski definition) is 1. The van der Waals surface area contributed by atoms with Gasteiger partial charge in [0.15, 0.2) is 0 Å². The Balaban J connectivity index is 3.22. The van der Waals surface area contributed by atoms with Crippen molar-refractivity contribution in [3.05, 3.63) is 0 Å². The first kappa shape index (κ1) is 31.6. The molecule has 0 saturated carbocycles. The maximum absolute atomic E-state index is 10.4. The molecule has 33 heavy (non-hydrogen) atoms. The summed E-state index contributed by atoms with van der Waals surface area (Å²) < 4.78 is 0. The lowest BCUT2D eigenvalue weighted by Gasteiger charge is -2.02. The summed E-state index contributed by atoms with van der Waals surface area (Å²) in [6.07, 6.45) is 31.1. The Bertz CT molecular complexity index is 529. The Morgan fingerprint density at radius 1 is 0.485 bits per heavy atom. The molecule has 0 unspecified atom stereocenters. The maximum atomic E-state index is 10.4. The number of aliphatic carboxylic acids is 1. The number of rotatable bonds is 24. The second-order valence-corrected chi connectivity index (χ2v) is 9.67. The van der Waals surface area contributed by atoms with Crippen LogP contribution in [-0.2, 0) is 4.79 Å². The van der Waals surface area contributed by atoms with Crippen LogP contribution in [0.1, 0.15) is 167 Å². The third-order valence-electron chi connectivity index (χ3n) is 6.34. The fraction of sp³-hybridized carbons (Fsp3) is 0.839. The molecule has 0 fully saturated rings. The minimum absolute atomic E-state index is 0.320. The Hall–Kier alpha value is -1.41. The average molecular weight is 459 g/mol. The number of carbonyl (C=O) groups is 1. The van der Waals surface area contributed by atoms with E-state index in [0.29, 0.717) is 6.42 Å². The first-order valence-electron chi connectivity index (χ1n) is 14.4. The van der Waals surface area contributed by atoms with Gasteiger partial charge in [-0.05, 0) is 31.1 Å². The van der Waals surface area contributed by atoms with Crippen molar-refractivity contribution in [2.45, 2.75) is 167 Å². The predicted octanol–water partition coefficient (Wildman–Crippen LogP) is 9.85. The first-order chi connectivity index (χ1) is 16.3. The van der Waals surface area contributed by atoms with E-state index in [9.17, 15) is 4.79 Å². The van der Waals surface area contributed by atoms with Crippen molar-refractivity contribution in [3.63, 3.8) is 0 Å². The highest BCUT2D eigenvalue weighted by molar-refractivity contribution is 5.66. The van der Waals surface area contributed by atoms with Crippen LogP contribution in [0.5, 0.6) is 0 Å². The van der Waals surface area contributed by atoms with Gasteiger partial charge >= 0.3 is 5.97 Å². The van der Waals surface area contributed by atoms with Crippen LogP contribution >= 0.6 is 0 Å². The van der Waals surface area contributed by atoms with Gasteiger partial charge < -0.3 is 5.11 Å². The SMILES string of the molecule is CCCCCCCCCCCCCCCCC#CC#CCCCCCCCCCCC(=O)O. The molecule has 0 aromatic carbocycles. The molecular weight excluding hydrogens is 404 g/mol. The van der Waals surface area contributed by atoms with E-state index in [-0.39, 0.29) is 0 Å². The van der Waals surface area contributed by atoms with Gasteiger partial charge in [0.05, 0.1) is 0 Å². The van der Waals surface area contributed by atoms with E-state index >= 15 is 0 Å². The second kappa shape index (κ2) is 28.6. The van der Waals surface area contributed by atoms with E-state index in [1.54, 1.807) is 0 Å². The van der Waals surface area contributed by atoms with Crippen LogP contribution in [-0.4, -0.2) is 11.1 Å². The highest BCUT2D eigenvalue weighted by atomic mass is 16.4. The van der Waals surface area contributed by atoms with Crippen LogP contribution in [0.15, 0.2) is 0 Å². The smallest absolute Gasteiger partial charge is 0.303 e. The third-order valence-corrected chi connectivity index (χ3v) is 6.34. The Labute approximate surface area is 207 Å². The fourth-order valence-corrected chi connectivity index (χ4v) is 4.17. The molecule has 0 atom stereocenters. The summed E-state index contributed by atoms with van der Waals surface area (Å²) >= 11 is 0.